The van der Waals surface area contributed by atoms with E-state index in [1.807, 2.05) is 5.32 Å². The molecule has 1 aromatic heterocycles. The molecule has 1 aromatic carbocycles. The van der Waals surface area contributed by atoms with Gasteiger partial charge in [0.15, 0.2) is 5.58 Å². The number of urea groups is 1. The van der Waals surface area contributed by atoms with Crippen molar-refractivity contribution in [2.24, 2.45) is 5.92 Å². The van der Waals surface area contributed by atoms with Gasteiger partial charge in [0.1, 0.15) is 23.2 Å². The summed E-state index contributed by atoms with van der Waals surface area (Å²) in [6, 6.07) is 0.127. The molecule has 222 valence electrons. The van der Waals surface area contributed by atoms with Gasteiger partial charge in [-0.25, -0.2) is 23.4 Å². The van der Waals surface area contributed by atoms with E-state index in [2.05, 4.69) is 10.3 Å². The van der Waals surface area contributed by atoms with Crippen molar-refractivity contribution in [2.45, 2.75) is 82.3 Å². The molecule has 9 nitrogen and oxygen atoms in total. The molecule has 3 amide bonds. The fourth-order valence-corrected chi connectivity index (χ4v) is 5.05. The molecule has 2 fully saturated rings. The van der Waals surface area contributed by atoms with Gasteiger partial charge in [-0.1, -0.05) is 6.07 Å². The SMILES string of the molecule is COC[C@H](c1ccc2oc([C@@H](NC(=O)OC(C)(C)C)C3CCC(F)(F)CC3)nc2c1)N1C[C@@H](C(F)(F)F)NC1=O. The third-order valence-corrected chi connectivity index (χ3v) is 7.02. The van der Waals surface area contributed by atoms with E-state index in [9.17, 15) is 31.5 Å². The first kappa shape index (κ1) is 29.8. The lowest BCUT2D eigenvalue weighted by atomic mass is 9.82. The summed E-state index contributed by atoms with van der Waals surface area (Å²) in [6.45, 7) is 4.41. The standard InChI is InChI=1S/C26H33F5N4O5/c1-24(2,3)40-23(37)34-20(14-7-9-25(27,28)10-8-14)21-32-16-11-15(5-6-18(16)39-21)17(13-38-4)35-12-19(26(29,30)31)33-22(35)36/h5-6,11,14,17,19-20H,7-10,12-13H2,1-4H3,(H,33,36)(H,34,37)/t17-,19+,20+/m1/s1. The summed E-state index contributed by atoms with van der Waals surface area (Å²) in [6.07, 6.45) is -5.80. The molecule has 0 radical (unpaired) electrons. The molecule has 2 heterocycles. The Kier molecular flexibility index (Phi) is 8.21. The van der Waals surface area contributed by atoms with Crippen LogP contribution in [0.2, 0.25) is 0 Å². The van der Waals surface area contributed by atoms with Crippen molar-refractivity contribution in [1.29, 1.82) is 0 Å². The van der Waals surface area contributed by atoms with Crippen molar-refractivity contribution < 1.29 is 45.4 Å². The number of alkyl carbamates (subject to hydrolysis) is 1. The second-order valence-electron chi connectivity index (χ2n) is 11.3. The lowest BCUT2D eigenvalue weighted by Crippen LogP contribution is -2.40. The van der Waals surface area contributed by atoms with Crippen molar-refractivity contribution in [2.75, 3.05) is 20.3 Å². The Hall–Kier alpha value is -3.16. The molecule has 2 aromatic rings. The average Bonchev–Trinajstić information content (AvgIpc) is 3.43. The topological polar surface area (TPSA) is 106 Å². The van der Waals surface area contributed by atoms with Crippen LogP contribution in [0, 0.1) is 5.92 Å². The Balaban J connectivity index is 1.63. The third-order valence-electron chi connectivity index (χ3n) is 7.02. The van der Waals surface area contributed by atoms with Gasteiger partial charge in [-0.05, 0) is 57.2 Å². The maximum absolute atomic E-state index is 13.9. The van der Waals surface area contributed by atoms with E-state index in [0.29, 0.717) is 16.7 Å². The number of carbonyl (C=O) groups is 2. The molecule has 14 heteroatoms. The number of nitrogens with one attached hydrogen (secondary N) is 2. The molecule has 0 spiro atoms. The van der Waals surface area contributed by atoms with Crippen molar-refractivity contribution in [3.63, 3.8) is 0 Å². The summed E-state index contributed by atoms with van der Waals surface area (Å²) in [5.41, 5.74) is 0.290. The van der Waals surface area contributed by atoms with Gasteiger partial charge in [0, 0.05) is 20.0 Å². The van der Waals surface area contributed by atoms with Gasteiger partial charge >= 0.3 is 18.3 Å². The largest absolute Gasteiger partial charge is 0.444 e. The number of oxazole rings is 1. The van der Waals surface area contributed by atoms with E-state index in [4.69, 9.17) is 13.9 Å². The average molecular weight is 577 g/mol. The zero-order chi connectivity index (χ0) is 29.5. The van der Waals surface area contributed by atoms with E-state index >= 15 is 0 Å². The normalized spacial score (nSPS) is 21.8. The molecule has 40 heavy (non-hydrogen) atoms. The number of fused-ring (bicyclic) bond motifs is 1. The van der Waals surface area contributed by atoms with Crippen molar-refractivity contribution in [1.82, 2.24) is 20.5 Å². The molecular formula is C26H33F5N4O5. The minimum Gasteiger partial charge on any atom is -0.444 e. The zero-order valence-corrected chi connectivity index (χ0v) is 22.6. The number of hydrogen-bond donors (Lipinski definition) is 2. The zero-order valence-electron chi connectivity index (χ0n) is 22.6. The highest BCUT2D eigenvalue weighted by molar-refractivity contribution is 5.78. The maximum atomic E-state index is 13.9. The lowest BCUT2D eigenvalue weighted by Gasteiger charge is -2.33. The minimum absolute atomic E-state index is 0.0761. The second kappa shape index (κ2) is 11.0. The molecule has 1 saturated carbocycles. The van der Waals surface area contributed by atoms with Crippen LogP contribution in [0.1, 0.15) is 70.0 Å². The fraction of sp³-hybridized carbons (Fsp3) is 0.654. The molecule has 0 bridgehead atoms. The summed E-state index contributed by atoms with van der Waals surface area (Å²) in [5, 5.41) is 4.68. The maximum Gasteiger partial charge on any atom is 0.410 e. The number of halogens is 5. The van der Waals surface area contributed by atoms with Crippen molar-refractivity contribution >= 4 is 23.2 Å². The number of carbonyl (C=O) groups excluding carboxylic acids is 2. The number of hydrogen-bond acceptors (Lipinski definition) is 6. The summed E-state index contributed by atoms with van der Waals surface area (Å²) < 4.78 is 84.0. The molecule has 3 atom stereocenters. The smallest absolute Gasteiger partial charge is 0.410 e. The van der Waals surface area contributed by atoms with E-state index in [0.717, 1.165) is 4.90 Å². The molecule has 0 unspecified atom stereocenters. The highest BCUT2D eigenvalue weighted by Crippen LogP contribution is 2.42. The minimum atomic E-state index is -4.60. The monoisotopic (exact) mass is 576 g/mol. The van der Waals surface area contributed by atoms with E-state index in [-0.39, 0.29) is 38.2 Å². The van der Waals surface area contributed by atoms with Gasteiger partial charge in [0.2, 0.25) is 11.8 Å². The molecule has 4 rings (SSSR count). The predicted molar refractivity (Wildman–Crippen MR) is 133 cm³/mol. The number of alkyl halides is 5. The van der Waals surface area contributed by atoms with Crippen LogP contribution in [-0.2, 0) is 9.47 Å². The first-order chi connectivity index (χ1) is 18.6. The van der Waals surface area contributed by atoms with Crippen LogP contribution in [-0.4, -0.2) is 66.0 Å². The van der Waals surface area contributed by atoms with Crippen LogP contribution in [0.5, 0.6) is 0 Å². The molecule has 1 aliphatic carbocycles. The number of nitrogens with zero attached hydrogens (tertiary/aromatic N) is 2. The van der Waals surface area contributed by atoms with Gasteiger partial charge in [-0.2, -0.15) is 13.2 Å². The van der Waals surface area contributed by atoms with E-state index in [1.165, 1.54) is 7.11 Å². The quantitative estimate of drug-likeness (QED) is 0.400. The first-order valence-electron chi connectivity index (χ1n) is 13.0. The van der Waals surface area contributed by atoms with Gasteiger partial charge < -0.3 is 29.4 Å². The van der Waals surface area contributed by atoms with Gasteiger partial charge in [-0.3, -0.25) is 0 Å². The predicted octanol–water partition coefficient (Wildman–Crippen LogP) is 5.86. The Bertz CT molecular complexity index is 1220. The van der Waals surface area contributed by atoms with Crippen LogP contribution in [0.15, 0.2) is 22.6 Å². The summed E-state index contributed by atoms with van der Waals surface area (Å²) in [7, 11) is 1.37. The number of amides is 3. The number of ether oxygens (including phenoxy) is 2. The Labute approximate surface area is 227 Å². The Morgan fingerprint density at radius 3 is 2.50 bits per heavy atom. The first-order valence-corrected chi connectivity index (χ1v) is 13.0. The highest BCUT2D eigenvalue weighted by Gasteiger charge is 2.48. The summed E-state index contributed by atoms with van der Waals surface area (Å²) >= 11 is 0. The Morgan fingerprint density at radius 1 is 1.25 bits per heavy atom. The van der Waals surface area contributed by atoms with Crippen molar-refractivity contribution in [3.8, 4) is 0 Å². The fourth-order valence-electron chi connectivity index (χ4n) is 5.05. The molecule has 2 aliphatic rings. The Morgan fingerprint density at radius 2 is 1.93 bits per heavy atom. The second-order valence-corrected chi connectivity index (χ2v) is 11.3. The van der Waals surface area contributed by atoms with E-state index < -0.39 is 60.4 Å². The highest BCUT2D eigenvalue weighted by atomic mass is 19.4. The lowest BCUT2D eigenvalue weighted by molar-refractivity contribution is -0.150. The summed E-state index contributed by atoms with van der Waals surface area (Å²) in [4.78, 5) is 30.6. The molecular weight excluding hydrogens is 543 g/mol. The number of rotatable bonds is 7. The molecule has 1 aliphatic heterocycles. The molecule has 2 N–H and O–H groups in total. The van der Waals surface area contributed by atoms with E-state index in [1.54, 1.807) is 39.0 Å². The van der Waals surface area contributed by atoms with Gasteiger partial charge in [0.25, 0.3) is 0 Å². The van der Waals surface area contributed by atoms with Crippen LogP contribution in [0.4, 0.5) is 31.5 Å². The number of benzene rings is 1. The van der Waals surface area contributed by atoms with Gasteiger partial charge in [0.05, 0.1) is 19.2 Å². The van der Waals surface area contributed by atoms with Crippen molar-refractivity contribution in [3.05, 3.63) is 29.7 Å². The number of methoxy groups -OCH3 is 1. The van der Waals surface area contributed by atoms with Crippen LogP contribution in [0.25, 0.3) is 11.1 Å². The van der Waals surface area contributed by atoms with Crippen LogP contribution < -0.4 is 10.6 Å². The third kappa shape index (κ3) is 6.94. The van der Waals surface area contributed by atoms with Gasteiger partial charge in [-0.15, -0.1) is 0 Å². The van der Waals surface area contributed by atoms with Crippen LogP contribution >= 0.6 is 0 Å². The molecule has 1 saturated heterocycles. The summed E-state index contributed by atoms with van der Waals surface area (Å²) in [5.74, 6) is -3.09. The number of aromatic nitrogens is 1. The van der Waals surface area contributed by atoms with Crippen LogP contribution in [0.3, 0.4) is 0 Å².